The highest BCUT2D eigenvalue weighted by atomic mass is 19.3. The van der Waals surface area contributed by atoms with Gasteiger partial charge in [0.1, 0.15) is 12.2 Å². The van der Waals surface area contributed by atoms with Gasteiger partial charge in [-0.05, 0) is 32.9 Å². The van der Waals surface area contributed by atoms with E-state index in [1.807, 2.05) is 0 Å². The Bertz CT molecular complexity index is 486. The minimum Gasteiger partial charge on any atom is -0.465 e. The fraction of sp³-hybridized carbons (Fsp3) is 0.571. The van der Waals surface area contributed by atoms with Gasteiger partial charge in [-0.2, -0.15) is 0 Å². The smallest absolute Gasteiger partial charge is 0.325 e. The first-order valence-corrected chi connectivity index (χ1v) is 6.76. The summed E-state index contributed by atoms with van der Waals surface area (Å²) in [6.45, 7) is 4.63. The lowest BCUT2D eigenvalue weighted by atomic mass is 10.2. The van der Waals surface area contributed by atoms with Gasteiger partial charge in [0.25, 0.3) is 12.3 Å². The van der Waals surface area contributed by atoms with Crippen LogP contribution >= 0.6 is 0 Å². The van der Waals surface area contributed by atoms with Crippen molar-refractivity contribution >= 4 is 11.9 Å². The van der Waals surface area contributed by atoms with Crippen molar-refractivity contribution < 1.29 is 23.1 Å². The van der Waals surface area contributed by atoms with Crippen LogP contribution in [-0.2, 0) is 16.1 Å². The zero-order valence-electron chi connectivity index (χ0n) is 12.4. The normalized spacial score (nSPS) is 11.0. The van der Waals surface area contributed by atoms with Crippen molar-refractivity contribution in [2.75, 3.05) is 13.2 Å². The molecule has 5 nitrogen and oxygen atoms in total. The number of alkyl halides is 2. The molecule has 0 aliphatic rings. The maximum absolute atomic E-state index is 12.5. The molecule has 0 aromatic carbocycles. The molecule has 0 atom stereocenters. The number of amides is 1. The average Bonchev–Trinajstić information content (AvgIpc) is 2.82. The summed E-state index contributed by atoms with van der Waals surface area (Å²) in [6.07, 6.45) is -1.14. The number of carbonyl (C=O) groups excluding carboxylic acids is 2. The Morgan fingerprint density at radius 2 is 2.05 bits per heavy atom. The molecule has 1 aromatic rings. The predicted molar refractivity (Wildman–Crippen MR) is 73.2 cm³/mol. The molecule has 1 rings (SSSR count). The predicted octanol–water partition coefficient (Wildman–Crippen LogP) is 2.17. The summed E-state index contributed by atoms with van der Waals surface area (Å²) >= 11 is 0. The molecule has 0 radical (unpaired) electrons. The highest BCUT2D eigenvalue weighted by Gasteiger charge is 2.24. The monoisotopic (exact) mass is 302 g/mol. The number of aromatic nitrogens is 1. The third kappa shape index (κ3) is 4.84. The second kappa shape index (κ2) is 7.75. The van der Waals surface area contributed by atoms with Crippen LogP contribution in [0.25, 0.3) is 0 Å². The summed E-state index contributed by atoms with van der Waals surface area (Å²) in [4.78, 5) is 25.3. The molecule has 0 unspecified atom stereocenters. The van der Waals surface area contributed by atoms with E-state index in [1.54, 1.807) is 20.8 Å². The lowest BCUT2D eigenvalue weighted by Crippen LogP contribution is -2.42. The van der Waals surface area contributed by atoms with Crippen LogP contribution < -0.4 is 0 Å². The molecule has 1 heterocycles. The summed E-state index contributed by atoms with van der Waals surface area (Å²) in [5.41, 5.74) is 0.133. The summed E-state index contributed by atoms with van der Waals surface area (Å²) < 4.78 is 31.0. The molecule has 0 N–H and O–H groups in total. The fourth-order valence-corrected chi connectivity index (χ4v) is 1.90. The van der Waals surface area contributed by atoms with E-state index in [-0.39, 0.29) is 24.9 Å². The number of esters is 1. The largest absolute Gasteiger partial charge is 0.465 e. The molecule has 0 saturated heterocycles. The Hall–Kier alpha value is -1.92. The van der Waals surface area contributed by atoms with Crippen molar-refractivity contribution in [2.45, 2.75) is 39.8 Å². The molecule has 1 aromatic heterocycles. The van der Waals surface area contributed by atoms with Gasteiger partial charge in [-0.3, -0.25) is 9.59 Å². The molecular formula is C14H20F2N2O3. The first-order chi connectivity index (χ1) is 9.86. The van der Waals surface area contributed by atoms with Crippen LogP contribution in [0.2, 0.25) is 0 Å². The molecule has 0 saturated carbocycles. The number of rotatable bonds is 7. The van der Waals surface area contributed by atoms with Gasteiger partial charge >= 0.3 is 5.97 Å². The lowest BCUT2D eigenvalue weighted by Gasteiger charge is -2.26. The van der Waals surface area contributed by atoms with Gasteiger partial charge < -0.3 is 14.2 Å². The van der Waals surface area contributed by atoms with Crippen LogP contribution in [0.15, 0.2) is 18.3 Å². The van der Waals surface area contributed by atoms with Crippen molar-refractivity contribution in [3.8, 4) is 0 Å². The van der Waals surface area contributed by atoms with Gasteiger partial charge in [-0.15, -0.1) is 0 Å². The topological polar surface area (TPSA) is 51.5 Å². The average molecular weight is 302 g/mol. The van der Waals surface area contributed by atoms with E-state index >= 15 is 0 Å². The van der Waals surface area contributed by atoms with Crippen LogP contribution in [0, 0.1) is 0 Å². The van der Waals surface area contributed by atoms with E-state index in [2.05, 4.69) is 0 Å². The fourth-order valence-electron chi connectivity index (χ4n) is 1.90. The van der Waals surface area contributed by atoms with Gasteiger partial charge in [-0.1, -0.05) is 0 Å². The molecule has 1 amide bonds. The Morgan fingerprint density at radius 3 is 2.57 bits per heavy atom. The highest BCUT2D eigenvalue weighted by molar-refractivity contribution is 5.94. The summed E-state index contributed by atoms with van der Waals surface area (Å²) in [7, 11) is 0. The second-order valence-corrected chi connectivity index (χ2v) is 4.77. The quantitative estimate of drug-likeness (QED) is 0.725. The van der Waals surface area contributed by atoms with Crippen molar-refractivity contribution in [3.63, 3.8) is 0 Å². The lowest BCUT2D eigenvalue weighted by molar-refractivity contribution is -0.144. The number of ether oxygens (including phenoxy) is 1. The van der Waals surface area contributed by atoms with E-state index in [9.17, 15) is 18.4 Å². The third-order valence-corrected chi connectivity index (χ3v) is 2.87. The van der Waals surface area contributed by atoms with Crippen molar-refractivity contribution in [1.29, 1.82) is 0 Å². The number of nitrogens with zero attached hydrogens (tertiary/aromatic N) is 2. The molecule has 21 heavy (non-hydrogen) atoms. The number of hydrogen-bond donors (Lipinski definition) is 0. The van der Waals surface area contributed by atoms with Crippen molar-refractivity contribution in [1.82, 2.24) is 9.47 Å². The van der Waals surface area contributed by atoms with Crippen LogP contribution in [0.5, 0.6) is 0 Å². The summed E-state index contributed by atoms with van der Waals surface area (Å²) in [5.74, 6) is -0.991. The molecule has 7 heteroatoms. The second-order valence-electron chi connectivity index (χ2n) is 4.77. The first-order valence-electron chi connectivity index (χ1n) is 6.76. The van der Waals surface area contributed by atoms with E-state index in [0.29, 0.717) is 0 Å². The van der Waals surface area contributed by atoms with Gasteiger partial charge in [0.2, 0.25) is 0 Å². The Labute approximate surface area is 122 Å². The van der Waals surface area contributed by atoms with Crippen molar-refractivity contribution in [2.24, 2.45) is 0 Å². The Morgan fingerprint density at radius 1 is 1.38 bits per heavy atom. The molecule has 118 valence electrons. The van der Waals surface area contributed by atoms with Gasteiger partial charge in [0.15, 0.2) is 0 Å². The van der Waals surface area contributed by atoms with Crippen LogP contribution in [0.4, 0.5) is 8.78 Å². The zero-order valence-corrected chi connectivity index (χ0v) is 12.4. The zero-order chi connectivity index (χ0) is 16.0. The van der Waals surface area contributed by atoms with E-state index in [1.165, 1.54) is 27.8 Å². The van der Waals surface area contributed by atoms with Gasteiger partial charge in [0, 0.05) is 12.2 Å². The third-order valence-electron chi connectivity index (χ3n) is 2.87. The van der Waals surface area contributed by atoms with Gasteiger partial charge in [-0.25, -0.2) is 8.78 Å². The standard InChI is InChI=1S/C14H20F2N2O3/c1-4-21-13(19)9-18(10(2)3)14(20)11-6-5-7-17(11)8-12(15)16/h5-7,10,12H,4,8-9H2,1-3H3. The minimum absolute atomic E-state index is 0.133. The molecule has 0 aliphatic heterocycles. The van der Waals surface area contributed by atoms with Crippen LogP contribution in [0.1, 0.15) is 31.3 Å². The first kappa shape index (κ1) is 17.1. The maximum Gasteiger partial charge on any atom is 0.325 e. The number of halogens is 2. The van der Waals surface area contributed by atoms with Gasteiger partial charge in [0.05, 0.1) is 13.2 Å². The number of hydrogen-bond acceptors (Lipinski definition) is 3. The molecular weight excluding hydrogens is 282 g/mol. The summed E-state index contributed by atoms with van der Waals surface area (Å²) in [5, 5.41) is 0. The molecule has 0 fully saturated rings. The highest BCUT2D eigenvalue weighted by Crippen LogP contribution is 2.12. The van der Waals surface area contributed by atoms with E-state index in [0.717, 1.165) is 0 Å². The molecule has 0 spiro atoms. The molecule has 0 bridgehead atoms. The SMILES string of the molecule is CCOC(=O)CN(C(=O)c1cccn1CC(F)F)C(C)C. The minimum atomic E-state index is -2.55. The maximum atomic E-state index is 12.5. The Balaban J connectivity index is 2.91. The Kier molecular flexibility index (Phi) is 6.33. The van der Waals surface area contributed by atoms with Crippen molar-refractivity contribution in [3.05, 3.63) is 24.0 Å². The van der Waals surface area contributed by atoms with E-state index < -0.39 is 24.8 Å². The van der Waals surface area contributed by atoms with E-state index in [4.69, 9.17) is 4.74 Å². The molecule has 0 aliphatic carbocycles. The summed E-state index contributed by atoms with van der Waals surface area (Å²) in [6, 6.07) is 2.74. The number of carbonyl (C=O) groups is 2. The van der Waals surface area contributed by atoms with Crippen LogP contribution in [-0.4, -0.2) is 47.0 Å². The van der Waals surface area contributed by atoms with Crippen LogP contribution in [0.3, 0.4) is 0 Å².